The second kappa shape index (κ2) is 7.27. The van der Waals surface area contributed by atoms with Gasteiger partial charge in [-0.05, 0) is 31.7 Å². The van der Waals surface area contributed by atoms with Crippen molar-refractivity contribution in [2.75, 3.05) is 13.1 Å². The fourth-order valence-corrected chi connectivity index (χ4v) is 2.26. The topological polar surface area (TPSA) is 84.2 Å². The van der Waals surface area contributed by atoms with E-state index in [9.17, 15) is 9.59 Å². The van der Waals surface area contributed by atoms with E-state index in [2.05, 4.69) is 10.6 Å². The number of carbonyl (C=O) groups is 2. The predicted octanol–water partition coefficient (Wildman–Crippen LogP) is 0.146. The summed E-state index contributed by atoms with van der Waals surface area (Å²) >= 11 is 0. The van der Waals surface area contributed by atoms with Crippen molar-refractivity contribution >= 4 is 11.8 Å². The fourth-order valence-electron chi connectivity index (χ4n) is 2.26. The molecule has 0 heterocycles. The molecule has 2 atom stereocenters. The first-order chi connectivity index (χ1) is 8.17. The van der Waals surface area contributed by atoms with E-state index >= 15 is 0 Å². The van der Waals surface area contributed by atoms with Crippen LogP contribution in [0.4, 0.5) is 0 Å². The first-order valence-corrected chi connectivity index (χ1v) is 6.43. The molecular weight excluding hydrogens is 218 g/mol. The molecule has 5 heteroatoms. The first kappa shape index (κ1) is 14.0. The molecule has 5 nitrogen and oxygen atoms in total. The van der Waals surface area contributed by atoms with Crippen molar-refractivity contribution < 1.29 is 9.59 Å². The van der Waals surface area contributed by atoms with Gasteiger partial charge in [-0.3, -0.25) is 9.59 Å². The number of amides is 2. The van der Waals surface area contributed by atoms with Gasteiger partial charge in [0.1, 0.15) is 0 Å². The second-order valence-corrected chi connectivity index (χ2v) is 4.63. The van der Waals surface area contributed by atoms with Crippen LogP contribution in [0.1, 0.15) is 39.0 Å². The van der Waals surface area contributed by atoms with Gasteiger partial charge in [-0.15, -0.1) is 0 Å². The van der Waals surface area contributed by atoms with Gasteiger partial charge in [0.2, 0.25) is 11.8 Å². The molecule has 17 heavy (non-hydrogen) atoms. The summed E-state index contributed by atoms with van der Waals surface area (Å²) in [5.74, 6) is 0.217. The molecule has 1 rings (SSSR count). The van der Waals surface area contributed by atoms with Crippen molar-refractivity contribution in [2.45, 2.75) is 45.1 Å². The van der Waals surface area contributed by atoms with E-state index in [1.807, 2.05) is 6.92 Å². The Labute approximate surface area is 103 Å². The van der Waals surface area contributed by atoms with Crippen molar-refractivity contribution in [1.29, 1.82) is 0 Å². The Kier molecular flexibility index (Phi) is 5.97. The van der Waals surface area contributed by atoms with Crippen molar-refractivity contribution in [2.24, 2.45) is 11.7 Å². The van der Waals surface area contributed by atoms with E-state index in [0.29, 0.717) is 18.9 Å². The smallest absolute Gasteiger partial charge is 0.239 e. The van der Waals surface area contributed by atoms with Crippen molar-refractivity contribution in [3.8, 4) is 0 Å². The molecule has 0 aliphatic heterocycles. The molecule has 0 radical (unpaired) electrons. The second-order valence-electron chi connectivity index (χ2n) is 4.63. The van der Waals surface area contributed by atoms with Crippen LogP contribution in [0.5, 0.6) is 0 Å². The van der Waals surface area contributed by atoms with Crippen LogP contribution in [-0.4, -0.2) is 30.9 Å². The summed E-state index contributed by atoms with van der Waals surface area (Å²) in [6.45, 7) is 2.63. The van der Waals surface area contributed by atoms with E-state index < -0.39 is 0 Å². The zero-order valence-corrected chi connectivity index (χ0v) is 10.5. The van der Waals surface area contributed by atoms with Crippen LogP contribution in [-0.2, 0) is 9.59 Å². The summed E-state index contributed by atoms with van der Waals surface area (Å²) in [7, 11) is 0. The van der Waals surface area contributed by atoms with Crippen molar-refractivity contribution in [3.05, 3.63) is 0 Å². The van der Waals surface area contributed by atoms with E-state index in [1.54, 1.807) is 0 Å². The van der Waals surface area contributed by atoms with Crippen LogP contribution < -0.4 is 16.4 Å². The fraction of sp³-hybridized carbons (Fsp3) is 0.833. The lowest BCUT2D eigenvalue weighted by Crippen LogP contribution is -2.44. The minimum absolute atomic E-state index is 0.0653. The third kappa shape index (κ3) is 4.73. The molecule has 4 N–H and O–H groups in total. The minimum atomic E-state index is -0.111. The maximum Gasteiger partial charge on any atom is 0.239 e. The van der Waals surface area contributed by atoms with Gasteiger partial charge in [-0.2, -0.15) is 0 Å². The molecule has 0 aromatic rings. The molecule has 2 unspecified atom stereocenters. The number of hydrogen-bond acceptors (Lipinski definition) is 3. The third-order valence-electron chi connectivity index (χ3n) is 3.23. The van der Waals surface area contributed by atoms with Gasteiger partial charge in [-0.25, -0.2) is 0 Å². The molecule has 0 spiro atoms. The highest BCUT2D eigenvalue weighted by atomic mass is 16.2. The lowest BCUT2D eigenvalue weighted by molar-refractivity contribution is -0.126. The summed E-state index contributed by atoms with van der Waals surface area (Å²) in [6, 6.07) is 0.190. The standard InChI is InChI=1S/C12H23N3O2/c1-2-4-11(16)14-8-12(17)15-10-6-3-5-9(10)7-13/h9-10H,2-8,13H2,1H3,(H,14,16)(H,15,17). The molecule has 1 aliphatic carbocycles. The van der Waals surface area contributed by atoms with Gasteiger partial charge in [0.05, 0.1) is 6.54 Å². The summed E-state index contributed by atoms with van der Waals surface area (Å²) in [5.41, 5.74) is 5.64. The van der Waals surface area contributed by atoms with Gasteiger partial charge in [0.25, 0.3) is 0 Å². The van der Waals surface area contributed by atoms with Crippen LogP contribution in [0, 0.1) is 5.92 Å². The van der Waals surface area contributed by atoms with Gasteiger partial charge < -0.3 is 16.4 Å². The summed E-state index contributed by atoms with van der Waals surface area (Å²) in [4.78, 5) is 22.8. The van der Waals surface area contributed by atoms with Gasteiger partial charge in [0.15, 0.2) is 0 Å². The molecule has 98 valence electrons. The lowest BCUT2D eigenvalue weighted by atomic mass is 10.0. The van der Waals surface area contributed by atoms with Crippen molar-refractivity contribution in [3.63, 3.8) is 0 Å². The minimum Gasteiger partial charge on any atom is -0.352 e. The largest absolute Gasteiger partial charge is 0.352 e. The average molecular weight is 241 g/mol. The average Bonchev–Trinajstić information content (AvgIpc) is 2.74. The molecule has 1 fully saturated rings. The summed E-state index contributed by atoms with van der Waals surface area (Å²) < 4.78 is 0. The first-order valence-electron chi connectivity index (χ1n) is 6.43. The number of hydrogen-bond donors (Lipinski definition) is 3. The van der Waals surface area contributed by atoms with Crippen LogP contribution in [0.3, 0.4) is 0 Å². The monoisotopic (exact) mass is 241 g/mol. The molecule has 1 aliphatic rings. The van der Waals surface area contributed by atoms with Gasteiger partial charge in [-0.1, -0.05) is 13.3 Å². The van der Waals surface area contributed by atoms with Crippen LogP contribution in [0.2, 0.25) is 0 Å². The highest BCUT2D eigenvalue weighted by Gasteiger charge is 2.27. The molecule has 0 saturated heterocycles. The quantitative estimate of drug-likeness (QED) is 0.618. The Balaban J connectivity index is 2.22. The normalized spacial score (nSPS) is 23.4. The number of nitrogens with one attached hydrogen (secondary N) is 2. The molecular formula is C12H23N3O2. The van der Waals surface area contributed by atoms with Crippen LogP contribution in [0.15, 0.2) is 0 Å². The Morgan fingerprint density at radius 1 is 1.29 bits per heavy atom. The number of rotatable bonds is 6. The van der Waals surface area contributed by atoms with Crippen LogP contribution in [0.25, 0.3) is 0 Å². The highest BCUT2D eigenvalue weighted by molar-refractivity contribution is 5.84. The maximum absolute atomic E-state index is 11.6. The van der Waals surface area contributed by atoms with E-state index in [4.69, 9.17) is 5.73 Å². The molecule has 0 aromatic heterocycles. The number of carbonyl (C=O) groups excluding carboxylic acids is 2. The zero-order chi connectivity index (χ0) is 12.7. The Morgan fingerprint density at radius 3 is 2.71 bits per heavy atom. The summed E-state index contributed by atoms with van der Waals surface area (Å²) in [6.07, 6.45) is 4.47. The Morgan fingerprint density at radius 2 is 2.06 bits per heavy atom. The molecule has 0 bridgehead atoms. The Hall–Kier alpha value is -1.10. The lowest BCUT2D eigenvalue weighted by Gasteiger charge is -2.19. The number of nitrogens with two attached hydrogens (primary N) is 1. The van der Waals surface area contributed by atoms with E-state index in [1.165, 1.54) is 0 Å². The Bertz CT molecular complexity index is 268. The molecule has 2 amide bonds. The maximum atomic E-state index is 11.6. The predicted molar refractivity (Wildman–Crippen MR) is 66.2 cm³/mol. The summed E-state index contributed by atoms with van der Waals surface area (Å²) in [5, 5.41) is 5.55. The highest BCUT2D eigenvalue weighted by Crippen LogP contribution is 2.24. The third-order valence-corrected chi connectivity index (χ3v) is 3.23. The van der Waals surface area contributed by atoms with Gasteiger partial charge in [0, 0.05) is 12.5 Å². The van der Waals surface area contributed by atoms with Gasteiger partial charge >= 0.3 is 0 Å². The van der Waals surface area contributed by atoms with E-state index in [0.717, 1.165) is 25.7 Å². The van der Waals surface area contributed by atoms with E-state index in [-0.39, 0.29) is 24.4 Å². The molecule has 0 aromatic carbocycles. The SMILES string of the molecule is CCCC(=O)NCC(=O)NC1CCCC1CN. The molecule has 1 saturated carbocycles. The zero-order valence-electron chi connectivity index (χ0n) is 10.5. The van der Waals surface area contributed by atoms with Crippen molar-refractivity contribution in [1.82, 2.24) is 10.6 Å². The van der Waals surface area contributed by atoms with Crippen LogP contribution >= 0.6 is 0 Å².